The van der Waals surface area contributed by atoms with E-state index in [0.29, 0.717) is 29.2 Å². The summed E-state index contributed by atoms with van der Waals surface area (Å²) in [7, 11) is 2.93. The lowest BCUT2D eigenvalue weighted by atomic mass is 10.1. The van der Waals surface area contributed by atoms with Gasteiger partial charge >= 0.3 is 5.97 Å². The van der Waals surface area contributed by atoms with Crippen LogP contribution < -0.4 is 9.47 Å². The second-order valence-corrected chi connectivity index (χ2v) is 6.44. The van der Waals surface area contributed by atoms with E-state index in [4.69, 9.17) is 14.2 Å². The largest absolute Gasteiger partial charge is 0.497 e. The van der Waals surface area contributed by atoms with Crippen molar-refractivity contribution in [1.82, 2.24) is 0 Å². The van der Waals surface area contributed by atoms with E-state index in [9.17, 15) is 9.59 Å². The Morgan fingerprint density at radius 2 is 1.50 bits per heavy atom. The molecule has 0 saturated carbocycles. The van der Waals surface area contributed by atoms with Gasteiger partial charge in [0.1, 0.15) is 18.1 Å². The van der Waals surface area contributed by atoms with E-state index in [1.54, 1.807) is 49.6 Å². The van der Waals surface area contributed by atoms with Crippen molar-refractivity contribution < 1.29 is 23.8 Å². The van der Waals surface area contributed by atoms with Crippen LogP contribution in [0.15, 0.2) is 78.9 Å². The number of methoxy groups -OCH3 is 2. The lowest BCUT2D eigenvalue weighted by Crippen LogP contribution is -2.02. The van der Waals surface area contributed by atoms with E-state index in [1.165, 1.54) is 13.2 Å². The average molecular weight is 402 g/mol. The molecule has 0 bridgehead atoms. The molecule has 0 aromatic heterocycles. The molecular formula is C25H22O5. The molecule has 0 heterocycles. The van der Waals surface area contributed by atoms with Crippen molar-refractivity contribution in [2.24, 2.45) is 0 Å². The number of esters is 1. The Morgan fingerprint density at radius 3 is 2.17 bits per heavy atom. The number of ketones is 1. The van der Waals surface area contributed by atoms with Gasteiger partial charge in [0.15, 0.2) is 5.78 Å². The van der Waals surface area contributed by atoms with E-state index < -0.39 is 0 Å². The van der Waals surface area contributed by atoms with Gasteiger partial charge in [0.2, 0.25) is 0 Å². The molecule has 3 rings (SSSR count). The van der Waals surface area contributed by atoms with Crippen molar-refractivity contribution >= 4 is 17.8 Å². The third-order valence-corrected chi connectivity index (χ3v) is 4.48. The monoisotopic (exact) mass is 402 g/mol. The van der Waals surface area contributed by atoms with Gasteiger partial charge in [-0.25, -0.2) is 4.79 Å². The van der Waals surface area contributed by atoms with Crippen molar-refractivity contribution in [1.29, 1.82) is 0 Å². The number of carbonyl (C=O) groups excluding carboxylic acids is 2. The number of allylic oxidation sites excluding steroid dienone is 1. The number of para-hydroxylation sites is 1. The zero-order chi connectivity index (χ0) is 21.3. The van der Waals surface area contributed by atoms with Crippen molar-refractivity contribution in [3.8, 4) is 11.5 Å². The number of carbonyl (C=O) groups is 2. The highest BCUT2D eigenvalue weighted by molar-refractivity contribution is 6.07. The molecular weight excluding hydrogens is 380 g/mol. The summed E-state index contributed by atoms with van der Waals surface area (Å²) < 4.78 is 15.7. The van der Waals surface area contributed by atoms with Crippen LogP contribution in [0.3, 0.4) is 0 Å². The molecule has 0 saturated heterocycles. The first kappa shape index (κ1) is 20.9. The fourth-order valence-corrected chi connectivity index (χ4v) is 2.78. The summed E-state index contributed by atoms with van der Waals surface area (Å²) in [6.45, 7) is 0.332. The van der Waals surface area contributed by atoms with Gasteiger partial charge in [-0.05, 0) is 60.2 Å². The van der Waals surface area contributed by atoms with Crippen LogP contribution in [-0.2, 0) is 11.3 Å². The van der Waals surface area contributed by atoms with Gasteiger partial charge in [0, 0.05) is 11.1 Å². The van der Waals surface area contributed by atoms with Gasteiger partial charge in [-0.15, -0.1) is 0 Å². The highest BCUT2D eigenvalue weighted by Gasteiger charge is 2.06. The average Bonchev–Trinajstić information content (AvgIpc) is 2.81. The Hall–Kier alpha value is -3.86. The smallest absolute Gasteiger partial charge is 0.337 e. The van der Waals surface area contributed by atoms with Crippen molar-refractivity contribution in [3.63, 3.8) is 0 Å². The minimum atomic E-state index is -0.375. The molecule has 0 fully saturated rings. The van der Waals surface area contributed by atoms with Crippen LogP contribution in [0.5, 0.6) is 11.5 Å². The quantitative estimate of drug-likeness (QED) is 0.303. The highest BCUT2D eigenvalue weighted by Crippen LogP contribution is 2.22. The topological polar surface area (TPSA) is 61.8 Å². The lowest BCUT2D eigenvalue weighted by Gasteiger charge is -2.09. The van der Waals surface area contributed by atoms with E-state index in [1.807, 2.05) is 36.4 Å². The summed E-state index contributed by atoms with van der Waals surface area (Å²) >= 11 is 0. The summed E-state index contributed by atoms with van der Waals surface area (Å²) in [4.78, 5) is 23.9. The molecule has 0 N–H and O–H groups in total. The van der Waals surface area contributed by atoms with Gasteiger partial charge in [0.25, 0.3) is 0 Å². The van der Waals surface area contributed by atoms with Gasteiger partial charge < -0.3 is 14.2 Å². The molecule has 3 aromatic rings. The molecule has 30 heavy (non-hydrogen) atoms. The fraction of sp³-hybridized carbons (Fsp3) is 0.120. The molecule has 5 nitrogen and oxygen atoms in total. The molecule has 0 aliphatic heterocycles. The Bertz CT molecular complexity index is 1030. The summed E-state index contributed by atoms with van der Waals surface area (Å²) in [6.07, 6.45) is 3.26. The van der Waals surface area contributed by atoms with Crippen LogP contribution in [0.25, 0.3) is 6.08 Å². The lowest BCUT2D eigenvalue weighted by molar-refractivity contribution is 0.0600. The van der Waals surface area contributed by atoms with E-state index in [-0.39, 0.29) is 11.8 Å². The number of ether oxygens (including phenoxy) is 3. The SMILES string of the molecule is COC(=O)c1ccc(COc2ccccc2/C=C/C(=O)c2ccc(OC)cc2)cc1. The summed E-state index contributed by atoms with van der Waals surface area (Å²) in [5, 5.41) is 0. The first-order valence-electron chi connectivity index (χ1n) is 9.36. The predicted molar refractivity (Wildman–Crippen MR) is 115 cm³/mol. The molecule has 0 aliphatic rings. The van der Waals surface area contributed by atoms with E-state index in [0.717, 1.165) is 11.1 Å². The van der Waals surface area contributed by atoms with E-state index >= 15 is 0 Å². The molecule has 3 aromatic carbocycles. The molecule has 5 heteroatoms. The number of hydrogen-bond acceptors (Lipinski definition) is 5. The van der Waals surface area contributed by atoms with Crippen molar-refractivity contribution in [2.75, 3.05) is 14.2 Å². The Balaban J connectivity index is 1.67. The second-order valence-electron chi connectivity index (χ2n) is 6.44. The first-order valence-corrected chi connectivity index (χ1v) is 9.36. The maximum Gasteiger partial charge on any atom is 0.337 e. The first-order chi connectivity index (χ1) is 14.6. The fourth-order valence-electron chi connectivity index (χ4n) is 2.78. The highest BCUT2D eigenvalue weighted by atomic mass is 16.5. The second kappa shape index (κ2) is 10.1. The van der Waals surface area contributed by atoms with E-state index in [2.05, 4.69) is 0 Å². The zero-order valence-electron chi connectivity index (χ0n) is 16.8. The minimum Gasteiger partial charge on any atom is -0.497 e. The van der Waals surface area contributed by atoms with Gasteiger partial charge in [-0.3, -0.25) is 4.79 Å². The standard InChI is InChI=1S/C25H22O5/c1-28-22-14-11-19(12-15-22)23(26)16-13-20-5-3-4-6-24(20)30-17-18-7-9-21(10-8-18)25(27)29-2/h3-16H,17H2,1-2H3/b16-13+. The number of benzene rings is 3. The minimum absolute atomic E-state index is 0.106. The Labute approximate surface area is 175 Å². The molecule has 0 atom stereocenters. The number of hydrogen-bond donors (Lipinski definition) is 0. The number of rotatable bonds is 8. The Kier molecular flexibility index (Phi) is 7.00. The summed E-state index contributed by atoms with van der Waals surface area (Å²) in [5.41, 5.74) is 2.78. The van der Waals surface area contributed by atoms with Crippen molar-refractivity contribution in [3.05, 3.63) is 101 Å². The molecule has 152 valence electrons. The predicted octanol–water partition coefficient (Wildman–Crippen LogP) is 4.96. The third-order valence-electron chi connectivity index (χ3n) is 4.48. The van der Waals surface area contributed by atoms with Gasteiger partial charge in [-0.1, -0.05) is 30.3 Å². The summed E-state index contributed by atoms with van der Waals surface area (Å²) in [6, 6.07) is 21.5. The molecule has 0 radical (unpaired) electrons. The molecule has 0 aliphatic carbocycles. The maximum atomic E-state index is 12.4. The van der Waals surface area contributed by atoms with Crippen LogP contribution >= 0.6 is 0 Å². The third kappa shape index (κ3) is 5.35. The zero-order valence-corrected chi connectivity index (χ0v) is 16.8. The maximum absolute atomic E-state index is 12.4. The van der Waals surface area contributed by atoms with Crippen LogP contribution in [0.2, 0.25) is 0 Å². The van der Waals surface area contributed by atoms with Crippen LogP contribution in [-0.4, -0.2) is 26.0 Å². The molecule has 0 amide bonds. The van der Waals surface area contributed by atoms with Crippen LogP contribution in [0.4, 0.5) is 0 Å². The van der Waals surface area contributed by atoms with Gasteiger partial charge in [-0.2, -0.15) is 0 Å². The summed E-state index contributed by atoms with van der Waals surface area (Å²) in [5.74, 6) is 0.882. The molecule has 0 unspecified atom stereocenters. The normalized spacial score (nSPS) is 10.6. The molecule has 0 spiro atoms. The van der Waals surface area contributed by atoms with Crippen molar-refractivity contribution in [2.45, 2.75) is 6.61 Å². The Morgan fingerprint density at radius 1 is 0.833 bits per heavy atom. The van der Waals surface area contributed by atoms with Crippen LogP contribution in [0, 0.1) is 0 Å². The van der Waals surface area contributed by atoms with Gasteiger partial charge in [0.05, 0.1) is 19.8 Å². The van der Waals surface area contributed by atoms with Crippen LogP contribution in [0.1, 0.15) is 31.8 Å².